The number of carbonyl (C=O) groups excluding carboxylic acids is 1. The third-order valence-corrected chi connectivity index (χ3v) is 3.15. The van der Waals surface area contributed by atoms with Crippen LogP contribution in [-0.4, -0.2) is 56.6 Å². The van der Waals surface area contributed by atoms with Gasteiger partial charge in [0.05, 0.1) is 26.4 Å². The van der Waals surface area contributed by atoms with Crippen LogP contribution in [0.15, 0.2) is 0 Å². The maximum Gasteiger partial charge on any atom is 0.318 e. The maximum atomic E-state index is 11.1. The van der Waals surface area contributed by atoms with Gasteiger partial charge in [0, 0.05) is 13.2 Å². The summed E-state index contributed by atoms with van der Waals surface area (Å²) >= 11 is 0. The van der Waals surface area contributed by atoms with Crippen molar-refractivity contribution in [3.05, 3.63) is 0 Å². The van der Waals surface area contributed by atoms with Gasteiger partial charge in [0.25, 0.3) is 0 Å². The van der Waals surface area contributed by atoms with Gasteiger partial charge in [-0.1, -0.05) is 13.3 Å². The molecule has 1 amide bonds. The molecule has 0 saturated carbocycles. The lowest BCUT2D eigenvalue weighted by molar-refractivity contribution is -0.154. The zero-order valence-electron chi connectivity index (χ0n) is 12.9. The molecule has 3 N–H and O–H groups in total. The molecule has 0 heterocycles. The Kier molecular flexibility index (Phi) is 10.8. The Hall–Kier alpha value is -1.18. The van der Waals surface area contributed by atoms with E-state index in [1.165, 1.54) is 6.92 Å². The van der Waals surface area contributed by atoms with Crippen LogP contribution in [0.1, 0.15) is 33.1 Å². The number of carboxylic acid groups (broad SMARTS) is 1. The number of hydrogen-bond donors (Lipinski definition) is 2. The van der Waals surface area contributed by atoms with E-state index in [1.807, 2.05) is 0 Å². The van der Waals surface area contributed by atoms with Gasteiger partial charge in [-0.05, 0) is 19.8 Å². The Balaban J connectivity index is 3.51. The molecule has 0 aliphatic rings. The number of carboxylic acids is 1. The molecule has 21 heavy (non-hydrogen) atoms. The standard InChI is InChI=1S/C14H27NO6/c1-3-4-6-19-8-10-21-11-9-20-7-5-14(2,12(15)16)13(17)18/h3-11H2,1-2H3,(H2,15,16)(H,17,18). The van der Waals surface area contributed by atoms with Crippen molar-refractivity contribution in [2.75, 3.05) is 39.6 Å². The second kappa shape index (κ2) is 11.5. The van der Waals surface area contributed by atoms with E-state index in [0.29, 0.717) is 26.4 Å². The van der Waals surface area contributed by atoms with E-state index in [2.05, 4.69) is 6.92 Å². The van der Waals surface area contributed by atoms with Gasteiger partial charge in [-0.2, -0.15) is 0 Å². The third kappa shape index (κ3) is 8.64. The van der Waals surface area contributed by atoms with Gasteiger partial charge in [0.1, 0.15) is 5.41 Å². The lowest BCUT2D eigenvalue weighted by Gasteiger charge is -2.20. The van der Waals surface area contributed by atoms with Crippen LogP contribution in [0, 0.1) is 5.41 Å². The monoisotopic (exact) mass is 305 g/mol. The van der Waals surface area contributed by atoms with Gasteiger partial charge < -0.3 is 25.1 Å². The molecule has 0 aromatic rings. The van der Waals surface area contributed by atoms with E-state index >= 15 is 0 Å². The molecule has 1 unspecified atom stereocenters. The van der Waals surface area contributed by atoms with Crippen LogP contribution in [-0.2, 0) is 23.8 Å². The fourth-order valence-electron chi connectivity index (χ4n) is 1.40. The highest BCUT2D eigenvalue weighted by Gasteiger charge is 2.39. The Labute approximate surface area is 125 Å². The molecule has 7 heteroatoms. The first-order chi connectivity index (χ1) is 9.95. The normalized spacial score (nSPS) is 13.8. The van der Waals surface area contributed by atoms with Crippen LogP contribution in [0.3, 0.4) is 0 Å². The fourth-order valence-corrected chi connectivity index (χ4v) is 1.40. The average molecular weight is 305 g/mol. The molecule has 0 saturated heterocycles. The molecule has 7 nitrogen and oxygen atoms in total. The maximum absolute atomic E-state index is 11.1. The van der Waals surface area contributed by atoms with Gasteiger partial charge >= 0.3 is 5.97 Å². The van der Waals surface area contributed by atoms with E-state index in [-0.39, 0.29) is 13.0 Å². The number of primary amides is 1. The third-order valence-electron chi connectivity index (χ3n) is 3.15. The first-order valence-corrected chi connectivity index (χ1v) is 7.21. The summed E-state index contributed by atoms with van der Waals surface area (Å²) in [5.41, 5.74) is 3.50. The highest BCUT2D eigenvalue weighted by atomic mass is 16.5. The van der Waals surface area contributed by atoms with E-state index < -0.39 is 17.3 Å². The first-order valence-electron chi connectivity index (χ1n) is 7.21. The molecule has 0 aliphatic heterocycles. The minimum absolute atomic E-state index is 0.0395. The first kappa shape index (κ1) is 19.8. The predicted molar refractivity (Wildman–Crippen MR) is 76.9 cm³/mol. The number of carbonyl (C=O) groups is 2. The van der Waals surface area contributed by atoms with Crippen LogP contribution < -0.4 is 5.73 Å². The Bertz CT molecular complexity index is 294. The Morgan fingerprint density at radius 3 is 1.90 bits per heavy atom. The van der Waals surface area contributed by atoms with Crippen molar-refractivity contribution >= 4 is 11.9 Å². The van der Waals surface area contributed by atoms with Crippen LogP contribution in [0.4, 0.5) is 0 Å². The molecular formula is C14H27NO6. The van der Waals surface area contributed by atoms with Crippen molar-refractivity contribution in [3.63, 3.8) is 0 Å². The molecule has 1 atom stereocenters. The van der Waals surface area contributed by atoms with Crippen LogP contribution in [0.25, 0.3) is 0 Å². The highest BCUT2D eigenvalue weighted by molar-refractivity contribution is 6.00. The van der Waals surface area contributed by atoms with Crippen LogP contribution in [0.5, 0.6) is 0 Å². The number of unbranched alkanes of at least 4 members (excludes halogenated alkanes) is 1. The fraction of sp³-hybridized carbons (Fsp3) is 0.857. The topological polar surface area (TPSA) is 108 Å². The molecule has 0 aliphatic carbocycles. The van der Waals surface area contributed by atoms with Gasteiger partial charge in [-0.15, -0.1) is 0 Å². The number of nitrogens with two attached hydrogens (primary N) is 1. The summed E-state index contributed by atoms with van der Waals surface area (Å²) in [6.45, 7) is 6.08. The van der Waals surface area contributed by atoms with Crippen molar-refractivity contribution in [2.45, 2.75) is 33.1 Å². The van der Waals surface area contributed by atoms with Gasteiger partial charge in [0.2, 0.25) is 5.91 Å². The summed E-state index contributed by atoms with van der Waals surface area (Å²) in [6, 6.07) is 0. The quantitative estimate of drug-likeness (QED) is 0.363. The summed E-state index contributed by atoms with van der Waals surface area (Å²) in [4.78, 5) is 22.1. The summed E-state index contributed by atoms with van der Waals surface area (Å²) in [5.74, 6) is -2.10. The largest absolute Gasteiger partial charge is 0.480 e. The van der Waals surface area contributed by atoms with Crippen LogP contribution in [0.2, 0.25) is 0 Å². The molecule has 0 spiro atoms. The van der Waals surface area contributed by atoms with Crippen molar-refractivity contribution in [1.82, 2.24) is 0 Å². The summed E-state index contributed by atoms with van der Waals surface area (Å²) in [6.07, 6.45) is 2.19. The lowest BCUT2D eigenvalue weighted by atomic mass is 9.86. The molecule has 0 rings (SSSR count). The van der Waals surface area contributed by atoms with E-state index in [1.54, 1.807) is 0 Å². The van der Waals surface area contributed by atoms with Gasteiger partial charge in [-0.25, -0.2) is 0 Å². The molecular weight excluding hydrogens is 278 g/mol. The highest BCUT2D eigenvalue weighted by Crippen LogP contribution is 2.20. The summed E-state index contributed by atoms with van der Waals surface area (Å²) in [5, 5.41) is 8.97. The van der Waals surface area contributed by atoms with E-state index in [9.17, 15) is 9.59 Å². The molecule has 0 bridgehead atoms. The second-order valence-corrected chi connectivity index (χ2v) is 4.94. The minimum Gasteiger partial charge on any atom is -0.480 e. The molecule has 0 fully saturated rings. The van der Waals surface area contributed by atoms with Crippen molar-refractivity contribution < 1.29 is 28.9 Å². The number of aliphatic carboxylic acids is 1. The molecule has 0 aromatic heterocycles. The average Bonchev–Trinajstić information content (AvgIpc) is 2.44. The number of hydrogen-bond acceptors (Lipinski definition) is 5. The molecule has 0 radical (unpaired) electrons. The number of ether oxygens (including phenoxy) is 3. The smallest absolute Gasteiger partial charge is 0.318 e. The minimum atomic E-state index is -1.59. The molecule has 124 valence electrons. The molecule has 0 aromatic carbocycles. The van der Waals surface area contributed by atoms with Gasteiger partial charge in [-0.3, -0.25) is 9.59 Å². The SMILES string of the molecule is CCCCOCCOCCOCCC(C)(C(N)=O)C(=O)O. The zero-order valence-corrected chi connectivity index (χ0v) is 12.9. The van der Waals surface area contributed by atoms with Crippen molar-refractivity contribution in [3.8, 4) is 0 Å². The number of rotatable bonds is 14. The van der Waals surface area contributed by atoms with Gasteiger partial charge in [0.15, 0.2) is 0 Å². The Morgan fingerprint density at radius 1 is 1.00 bits per heavy atom. The summed E-state index contributed by atoms with van der Waals surface area (Å²) in [7, 11) is 0. The zero-order chi connectivity index (χ0) is 16.1. The van der Waals surface area contributed by atoms with E-state index in [4.69, 9.17) is 25.1 Å². The summed E-state index contributed by atoms with van der Waals surface area (Å²) < 4.78 is 15.8. The second-order valence-electron chi connectivity index (χ2n) is 4.94. The van der Waals surface area contributed by atoms with Crippen LogP contribution >= 0.6 is 0 Å². The van der Waals surface area contributed by atoms with Crippen molar-refractivity contribution in [1.29, 1.82) is 0 Å². The lowest BCUT2D eigenvalue weighted by Crippen LogP contribution is -2.42. The number of amides is 1. The predicted octanol–water partition coefficient (Wildman–Crippen LogP) is 0.803. The van der Waals surface area contributed by atoms with Crippen molar-refractivity contribution in [2.24, 2.45) is 11.1 Å². The Morgan fingerprint density at radius 2 is 1.48 bits per heavy atom. The van der Waals surface area contributed by atoms with E-state index in [0.717, 1.165) is 19.4 Å².